The predicted molar refractivity (Wildman–Crippen MR) is 200 cm³/mol. The van der Waals surface area contributed by atoms with Crippen molar-refractivity contribution in [1.82, 2.24) is 30.2 Å². The van der Waals surface area contributed by atoms with Crippen molar-refractivity contribution in [2.45, 2.75) is 50.9 Å². The zero-order valence-corrected chi connectivity index (χ0v) is 34.2. The molecule has 26 nitrogen and oxygen atoms in total. The molecule has 3 aromatic rings. The maximum Gasteiger partial charge on any atom is 0.481 e. The van der Waals surface area contributed by atoms with Gasteiger partial charge in [-0.05, 0) is 12.1 Å². The monoisotopic (exact) mass is 915 g/mol. The molecule has 3 unspecified atom stereocenters. The van der Waals surface area contributed by atoms with E-state index in [9.17, 15) is 67.8 Å². The Bertz CT molecular complexity index is 2170. The first-order chi connectivity index (χ1) is 27.4. The number of hydrogen-bond donors (Lipinski definition) is 10. The summed E-state index contributed by atoms with van der Waals surface area (Å²) in [5.74, 6) is -2.77. The Morgan fingerprint density at radius 2 is 1.66 bits per heavy atom. The van der Waals surface area contributed by atoms with Crippen LogP contribution in [0.25, 0.3) is 11.2 Å². The molecular weight excluding hydrogens is 875 g/mol. The molecule has 0 bridgehead atoms. The predicted octanol–water partition coefficient (Wildman–Crippen LogP) is -0.323. The second-order valence-electron chi connectivity index (χ2n) is 13.1. The van der Waals surface area contributed by atoms with E-state index in [4.69, 9.17) is 19.5 Å². The number of aliphatic hydroxyl groups excluding tert-OH is 2. The standard InChI is InChI=1S/C29H40N7O19P3S/c1-29(2,22(39)25(40)32-8-7-18(37)31-9-10-59-28(43)16-6-4-3-5-15(16)27(41)42)12-52-58(49,50)55-57(47,48)51-11-17-21(54-56(44,45)46)20(38)26(53-17)36-14-35-19-23(30)33-13-34-24(19)36/h3-6,13-14,17,20-22,26,38-39H,7-12H2,1-2H3,(H,31,37)(H,32,40)(H,41,42)(H,47,48)(H,49,50)(H2,30,33,34)(H2,44,45,46)/t17-,20-,21-,22?,26-/m1/s1. The third-order valence-corrected chi connectivity index (χ3v) is 12.1. The first kappa shape index (κ1) is 47.9. The zero-order chi connectivity index (χ0) is 43.9. The Labute approximate surface area is 337 Å². The zero-order valence-electron chi connectivity index (χ0n) is 30.7. The average molecular weight is 916 g/mol. The number of anilines is 1. The summed E-state index contributed by atoms with van der Waals surface area (Å²) in [5, 5.41) is 35.0. The molecule has 1 saturated heterocycles. The lowest BCUT2D eigenvalue weighted by atomic mass is 9.87. The second-order valence-corrected chi connectivity index (χ2v) is 18.4. The molecular formula is C29H40N7O19P3S. The van der Waals surface area contributed by atoms with Crippen molar-refractivity contribution in [3.8, 4) is 0 Å². The average Bonchev–Trinajstić information content (AvgIpc) is 3.71. The van der Waals surface area contributed by atoms with Gasteiger partial charge in [0, 0.05) is 36.2 Å². The third-order valence-electron chi connectivity index (χ3n) is 8.11. The van der Waals surface area contributed by atoms with Crippen LogP contribution in [0.2, 0.25) is 0 Å². The van der Waals surface area contributed by atoms with Crippen molar-refractivity contribution >= 4 is 75.1 Å². The smallest absolute Gasteiger partial charge is 0.478 e. The summed E-state index contributed by atoms with van der Waals surface area (Å²) in [6.45, 7) is 0.121. The van der Waals surface area contributed by atoms with Gasteiger partial charge in [0.1, 0.15) is 36.3 Å². The van der Waals surface area contributed by atoms with E-state index in [-0.39, 0.29) is 53.4 Å². The number of imidazole rings is 1. The van der Waals surface area contributed by atoms with Gasteiger partial charge in [-0.1, -0.05) is 37.7 Å². The number of carbonyl (C=O) groups is 4. The number of aliphatic hydroxyl groups is 2. The van der Waals surface area contributed by atoms with Crippen LogP contribution in [-0.2, 0) is 45.9 Å². The fraction of sp³-hybridized carbons (Fsp3) is 0.483. The summed E-state index contributed by atoms with van der Waals surface area (Å²) in [7, 11) is -16.5. The lowest BCUT2D eigenvalue weighted by molar-refractivity contribution is -0.137. The highest BCUT2D eigenvalue weighted by atomic mass is 32.2. The molecule has 0 radical (unpaired) electrons. The number of nitrogens with one attached hydrogen (secondary N) is 2. The minimum absolute atomic E-state index is 0.00310. The molecule has 2 aromatic heterocycles. The fourth-order valence-corrected chi connectivity index (χ4v) is 8.75. The number of ether oxygens (including phenoxy) is 1. The van der Waals surface area contributed by atoms with Crippen LogP contribution in [0.3, 0.4) is 0 Å². The van der Waals surface area contributed by atoms with E-state index >= 15 is 0 Å². The lowest BCUT2D eigenvalue weighted by Crippen LogP contribution is -2.46. The first-order valence-corrected chi connectivity index (χ1v) is 22.3. The van der Waals surface area contributed by atoms with E-state index in [1.807, 2.05) is 0 Å². The number of nitrogen functional groups attached to an aromatic ring is 1. The summed E-state index contributed by atoms with van der Waals surface area (Å²) in [6.07, 6.45) is -7.15. The molecule has 0 saturated carbocycles. The van der Waals surface area contributed by atoms with E-state index in [1.165, 1.54) is 38.1 Å². The van der Waals surface area contributed by atoms with Crippen LogP contribution < -0.4 is 16.4 Å². The van der Waals surface area contributed by atoms with Gasteiger partial charge >= 0.3 is 29.4 Å². The minimum atomic E-state index is -5.60. The first-order valence-electron chi connectivity index (χ1n) is 16.8. The Kier molecular flexibility index (Phi) is 16.0. The summed E-state index contributed by atoms with van der Waals surface area (Å²) < 4.78 is 62.1. The molecule has 1 aliphatic rings. The van der Waals surface area contributed by atoms with Gasteiger partial charge in [0.25, 0.3) is 0 Å². The van der Waals surface area contributed by atoms with Crippen molar-refractivity contribution in [1.29, 1.82) is 0 Å². The van der Waals surface area contributed by atoms with Gasteiger partial charge in [-0.25, -0.2) is 33.4 Å². The lowest BCUT2D eigenvalue weighted by Gasteiger charge is -2.30. The molecule has 1 fully saturated rings. The third kappa shape index (κ3) is 13.4. The molecule has 4 rings (SSSR count). The van der Waals surface area contributed by atoms with Crippen molar-refractivity contribution < 1.29 is 90.4 Å². The topological polar surface area (TPSA) is 401 Å². The highest BCUT2D eigenvalue weighted by Crippen LogP contribution is 2.61. The van der Waals surface area contributed by atoms with Crippen molar-refractivity contribution in [2.24, 2.45) is 5.41 Å². The van der Waals surface area contributed by atoms with Crippen LogP contribution in [0.5, 0.6) is 0 Å². The molecule has 0 aliphatic carbocycles. The van der Waals surface area contributed by atoms with Crippen LogP contribution in [-0.4, -0.2) is 134 Å². The van der Waals surface area contributed by atoms with Gasteiger partial charge in [0.2, 0.25) is 16.9 Å². The Morgan fingerprint density at radius 1 is 1.00 bits per heavy atom. The maximum atomic E-state index is 12.7. The van der Waals surface area contributed by atoms with Gasteiger partial charge in [-0.3, -0.25) is 32.5 Å². The van der Waals surface area contributed by atoms with Gasteiger partial charge in [0.15, 0.2) is 17.7 Å². The maximum absolute atomic E-state index is 12.7. The molecule has 30 heteroatoms. The van der Waals surface area contributed by atoms with Crippen LogP contribution >= 0.6 is 35.2 Å². The molecule has 2 amide bonds. The van der Waals surface area contributed by atoms with Crippen LogP contribution in [0.1, 0.15) is 47.2 Å². The normalized spacial score (nSPS) is 21.0. The van der Waals surface area contributed by atoms with E-state index in [2.05, 4.69) is 34.4 Å². The SMILES string of the molecule is CC(C)(COP(=O)(O)OP(=O)(O)OC[C@H]1O[C@@H](n2cnc3c(N)ncnc32)[C@H](O)[C@@H]1OP(=O)(O)O)C(O)C(=O)NCCC(=O)NCCSC(=O)c1ccccc1C(=O)O. The summed E-state index contributed by atoms with van der Waals surface area (Å²) >= 11 is 0.792. The van der Waals surface area contributed by atoms with Crippen molar-refractivity contribution in [3.05, 3.63) is 48.0 Å². The quantitative estimate of drug-likeness (QED) is 0.0483. The number of benzene rings is 1. The summed E-state index contributed by atoms with van der Waals surface area (Å²) in [5.41, 5.74) is 4.03. The second kappa shape index (κ2) is 19.8. The number of carboxylic acids is 1. The van der Waals surface area contributed by atoms with Gasteiger partial charge in [-0.2, -0.15) is 4.31 Å². The number of phosphoric acid groups is 3. The molecule has 59 heavy (non-hydrogen) atoms. The Balaban J connectivity index is 1.22. The van der Waals surface area contributed by atoms with E-state index in [0.717, 1.165) is 29.0 Å². The van der Waals surface area contributed by atoms with E-state index in [1.54, 1.807) is 0 Å². The number of aromatic carboxylic acids is 1. The molecule has 3 heterocycles. The highest BCUT2D eigenvalue weighted by Gasteiger charge is 2.50. The number of fused-ring (bicyclic) bond motifs is 1. The number of phosphoric ester groups is 3. The number of hydrogen-bond acceptors (Lipinski definition) is 19. The minimum Gasteiger partial charge on any atom is -0.478 e. The largest absolute Gasteiger partial charge is 0.481 e. The summed E-state index contributed by atoms with van der Waals surface area (Å²) in [6, 6.07) is 5.65. The van der Waals surface area contributed by atoms with Crippen molar-refractivity contribution in [3.63, 3.8) is 0 Å². The molecule has 326 valence electrons. The van der Waals surface area contributed by atoms with E-state index in [0.29, 0.717) is 0 Å². The number of nitrogens with zero attached hydrogens (tertiary/aromatic N) is 4. The van der Waals surface area contributed by atoms with E-state index < -0.39 is 95.6 Å². The number of carboxylic acid groups (broad SMARTS) is 1. The van der Waals surface area contributed by atoms with Gasteiger partial charge in [-0.15, -0.1) is 0 Å². The number of amides is 2. The Hall–Kier alpha value is -3.75. The number of thioether (sulfide) groups is 1. The van der Waals surface area contributed by atoms with Gasteiger partial charge < -0.3 is 56.0 Å². The molecule has 1 aromatic carbocycles. The van der Waals surface area contributed by atoms with Gasteiger partial charge in [0.05, 0.1) is 25.1 Å². The fourth-order valence-electron chi connectivity index (χ4n) is 5.20. The number of aromatic nitrogens is 4. The number of nitrogens with two attached hydrogens (primary N) is 1. The number of carbonyl (C=O) groups excluding carboxylic acids is 3. The van der Waals surface area contributed by atoms with Crippen LogP contribution in [0.15, 0.2) is 36.9 Å². The Morgan fingerprint density at radius 3 is 2.32 bits per heavy atom. The van der Waals surface area contributed by atoms with Crippen LogP contribution in [0, 0.1) is 5.41 Å². The molecule has 0 spiro atoms. The van der Waals surface area contributed by atoms with Crippen molar-refractivity contribution in [2.75, 3.05) is 37.8 Å². The summed E-state index contributed by atoms with van der Waals surface area (Å²) in [4.78, 5) is 99.4. The molecule has 11 N–H and O–H groups in total. The molecule has 1 aliphatic heterocycles. The number of rotatable bonds is 21. The molecule has 7 atom stereocenters. The van der Waals surface area contributed by atoms with Crippen LogP contribution in [0.4, 0.5) is 5.82 Å². The highest BCUT2D eigenvalue weighted by molar-refractivity contribution is 8.14.